The first-order valence-electron chi connectivity index (χ1n) is 6.42. The van der Waals surface area contributed by atoms with E-state index in [2.05, 4.69) is 31.9 Å². The zero-order valence-electron chi connectivity index (χ0n) is 11.6. The molecule has 18 heavy (non-hydrogen) atoms. The standard InChI is InChI=1S/C9H14.C8H12O/c1-4-6-7-8-9(3)5-2;1-3-5-6-7-8(9)4-2/h1,5,9H,2,6-8H2,3H3;1,4,8-9H,2,5-7H2/t9-;8-/m00/s1. The number of allylic oxidation sites excluding steroid dienone is 1. The van der Waals surface area contributed by atoms with Crippen LogP contribution >= 0.6 is 0 Å². The van der Waals surface area contributed by atoms with Gasteiger partial charge < -0.3 is 5.11 Å². The van der Waals surface area contributed by atoms with Gasteiger partial charge in [-0.15, -0.1) is 37.8 Å². The molecule has 0 heterocycles. The van der Waals surface area contributed by atoms with Crippen LogP contribution in [0, 0.1) is 30.6 Å². The molecule has 1 heteroatoms. The van der Waals surface area contributed by atoms with Gasteiger partial charge in [0.1, 0.15) is 0 Å². The molecule has 0 rings (SSSR count). The molecule has 1 nitrogen and oxygen atoms in total. The lowest BCUT2D eigenvalue weighted by Crippen LogP contribution is -1.99. The number of aliphatic hydroxyl groups is 1. The molecule has 0 fully saturated rings. The fraction of sp³-hybridized carbons (Fsp3) is 0.529. The molecule has 0 spiro atoms. The zero-order chi connectivity index (χ0) is 14.2. The van der Waals surface area contributed by atoms with Crippen molar-refractivity contribution in [1.82, 2.24) is 0 Å². The summed E-state index contributed by atoms with van der Waals surface area (Å²) >= 11 is 0. The molecule has 0 aromatic rings. The average molecular weight is 246 g/mol. The maximum absolute atomic E-state index is 8.90. The summed E-state index contributed by atoms with van der Waals surface area (Å²) in [5.41, 5.74) is 0. The van der Waals surface area contributed by atoms with Crippen molar-refractivity contribution in [2.24, 2.45) is 5.92 Å². The number of hydrogen-bond acceptors (Lipinski definition) is 1. The van der Waals surface area contributed by atoms with Gasteiger partial charge in [-0.05, 0) is 31.6 Å². The fourth-order valence-electron chi connectivity index (χ4n) is 1.18. The second-order valence-corrected chi connectivity index (χ2v) is 4.21. The highest BCUT2D eigenvalue weighted by Crippen LogP contribution is 2.06. The Hall–Kier alpha value is -1.44. The van der Waals surface area contributed by atoms with Gasteiger partial charge >= 0.3 is 0 Å². The van der Waals surface area contributed by atoms with E-state index in [0.29, 0.717) is 5.92 Å². The van der Waals surface area contributed by atoms with E-state index >= 15 is 0 Å². The van der Waals surface area contributed by atoms with Gasteiger partial charge in [-0.25, -0.2) is 0 Å². The highest BCUT2D eigenvalue weighted by Gasteiger charge is 1.94. The predicted molar refractivity (Wildman–Crippen MR) is 80.9 cm³/mol. The number of hydrogen-bond donors (Lipinski definition) is 1. The average Bonchev–Trinajstić information content (AvgIpc) is 2.39. The van der Waals surface area contributed by atoms with Crippen molar-refractivity contribution in [3.05, 3.63) is 25.3 Å². The zero-order valence-corrected chi connectivity index (χ0v) is 11.6. The first-order chi connectivity index (χ1) is 8.62. The Bertz CT molecular complexity index is 247. The molecule has 0 aliphatic rings. The molecule has 0 saturated heterocycles. The topological polar surface area (TPSA) is 20.2 Å². The minimum atomic E-state index is -0.377. The largest absolute Gasteiger partial charge is 0.389 e. The van der Waals surface area contributed by atoms with Crippen LogP contribution in [0.25, 0.3) is 0 Å². The molecule has 0 aliphatic heterocycles. The van der Waals surface area contributed by atoms with Crippen molar-refractivity contribution in [3.8, 4) is 24.7 Å². The first kappa shape index (κ1) is 18.9. The fourth-order valence-corrected chi connectivity index (χ4v) is 1.18. The van der Waals surface area contributed by atoms with E-state index < -0.39 is 0 Å². The van der Waals surface area contributed by atoms with Gasteiger partial charge in [-0.1, -0.05) is 19.1 Å². The molecule has 100 valence electrons. The van der Waals surface area contributed by atoms with Crippen LogP contribution in [0.5, 0.6) is 0 Å². The molecule has 0 aromatic carbocycles. The third kappa shape index (κ3) is 17.0. The summed E-state index contributed by atoms with van der Waals surface area (Å²) in [7, 11) is 0. The minimum Gasteiger partial charge on any atom is -0.389 e. The van der Waals surface area contributed by atoms with Crippen molar-refractivity contribution in [2.45, 2.75) is 51.6 Å². The Kier molecular flexibility index (Phi) is 16.3. The van der Waals surface area contributed by atoms with Crippen molar-refractivity contribution in [3.63, 3.8) is 0 Å². The Labute approximate surface area is 113 Å². The van der Waals surface area contributed by atoms with Gasteiger partial charge in [0.25, 0.3) is 0 Å². The lowest BCUT2D eigenvalue weighted by Gasteiger charge is -2.00. The summed E-state index contributed by atoms with van der Waals surface area (Å²) in [5, 5.41) is 8.90. The highest BCUT2D eigenvalue weighted by molar-refractivity contribution is 4.85. The van der Waals surface area contributed by atoms with Gasteiger partial charge in [-0.3, -0.25) is 0 Å². The summed E-state index contributed by atoms with van der Waals surface area (Å²) in [6.45, 7) is 9.28. The van der Waals surface area contributed by atoms with Crippen LogP contribution in [-0.4, -0.2) is 11.2 Å². The summed E-state index contributed by atoms with van der Waals surface area (Å²) in [6.07, 6.45) is 18.7. The molecule has 1 N–H and O–H groups in total. The molecule has 0 unspecified atom stereocenters. The number of terminal acetylenes is 2. The molecule has 0 saturated carbocycles. The van der Waals surface area contributed by atoms with Crippen LogP contribution in [0.3, 0.4) is 0 Å². The van der Waals surface area contributed by atoms with E-state index in [-0.39, 0.29) is 6.10 Å². The van der Waals surface area contributed by atoms with Crippen molar-refractivity contribution >= 4 is 0 Å². The number of unbranched alkanes of at least 4 members (excludes halogenated alkanes) is 2. The second-order valence-electron chi connectivity index (χ2n) is 4.21. The predicted octanol–water partition coefficient (Wildman–Crippen LogP) is 3.95. The highest BCUT2D eigenvalue weighted by atomic mass is 16.3. The summed E-state index contributed by atoms with van der Waals surface area (Å²) in [5.74, 6) is 5.74. The van der Waals surface area contributed by atoms with Gasteiger partial charge in [0.2, 0.25) is 0 Å². The normalized spacial score (nSPS) is 12.0. The maximum Gasteiger partial charge on any atom is 0.0718 e. The van der Waals surface area contributed by atoms with E-state index in [9.17, 15) is 0 Å². The van der Waals surface area contributed by atoms with Crippen molar-refractivity contribution in [2.75, 3.05) is 0 Å². The van der Waals surface area contributed by atoms with Crippen molar-refractivity contribution in [1.29, 1.82) is 0 Å². The Morgan fingerprint density at radius 2 is 1.56 bits per heavy atom. The third-order valence-corrected chi connectivity index (χ3v) is 2.48. The molecule has 0 radical (unpaired) electrons. The molecule has 2 atom stereocenters. The van der Waals surface area contributed by atoms with Crippen LogP contribution in [0.15, 0.2) is 25.3 Å². The molecule has 0 amide bonds. The van der Waals surface area contributed by atoms with E-state index in [4.69, 9.17) is 18.0 Å². The van der Waals surface area contributed by atoms with Gasteiger partial charge in [0, 0.05) is 12.8 Å². The first-order valence-corrected chi connectivity index (χ1v) is 6.42. The van der Waals surface area contributed by atoms with Crippen LogP contribution in [0.1, 0.15) is 45.4 Å². The van der Waals surface area contributed by atoms with Crippen LogP contribution in [0.4, 0.5) is 0 Å². The molecular weight excluding hydrogens is 220 g/mol. The lowest BCUT2D eigenvalue weighted by molar-refractivity contribution is 0.210. The second kappa shape index (κ2) is 15.6. The Morgan fingerprint density at radius 1 is 1.06 bits per heavy atom. The van der Waals surface area contributed by atoms with Crippen LogP contribution in [0.2, 0.25) is 0 Å². The lowest BCUT2D eigenvalue weighted by atomic mass is 10.1. The van der Waals surface area contributed by atoms with E-state index in [1.165, 1.54) is 12.5 Å². The van der Waals surface area contributed by atoms with Gasteiger partial charge in [0.05, 0.1) is 6.10 Å². The Balaban J connectivity index is 0. The van der Waals surface area contributed by atoms with Crippen LogP contribution in [-0.2, 0) is 0 Å². The monoisotopic (exact) mass is 246 g/mol. The summed E-state index contributed by atoms with van der Waals surface area (Å²) in [4.78, 5) is 0. The SMILES string of the molecule is C#CCCC[C@@H](C)C=C.C#CCCC[C@@H](O)C=C. The summed E-state index contributed by atoms with van der Waals surface area (Å²) < 4.78 is 0. The Morgan fingerprint density at radius 3 is 1.94 bits per heavy atom. The molecular formula is C17H26O. The minimum absolute atomic E-state index is 0.377. The number of aliphatic hydroxyl groups excluding tert-OH is 1. The van der Waals surface area contributed by atoms with Gasteiger partial charge in [0.15, 0.2) is 0 Å². The summed E-state index contributed by atoms with van der Waals surface area (Å²) in [6, 6.07) is 0. The third-order valence-electron chi connectivity index (χ3n) is 2.48. The van der Waals surface area contributed by atoms with E-state index in [0.717, 1.165) is 32.1 Å². The number of rotatable bonds is 8. The molecule has 0 aliphatic carbocycles. The maximum atomic E-state index is 8.90. The molecule has 0 bridgehead atoms. The quantitative estimate of drug-likeness (QED) is 0.390. The van der Waals surface area contributed by atoms with E-state index in [1.54, 1.807) is 0 Å². The molecule has 0 aromatic heterocycles. The van der Waals surface area contributed by atoms with Gasteiger partial charge in [-0.2, -0.15) is 0 Å². The van der Waals surface area contributed by atoms with Crippen molar-refractivity contribution < 1.29 is 5.11 Å². The van der Waals surface area contributed by atoms with Crippen LogP contribution < -0.4 is 0 Å². The van der Waals surface area contributed by atoms with E-state index in [1.807, 2.05) is 6.08 Å². The smallest absolute Gasteiger partial charge is 0.0718 e.